The molecule has 3 rings (SSSR count). The molecule has 9 heteroatoms. The van der Waals surface area contributed by atoms with Crippen molar-refractivity contribution in [3.63, 3.8) is 0 Å². The first-order valence-electron chi connectivity index (χ1n) is 6.61. The Labute approximate surface area is 132 Å². The van der Waals surface area contributed by atoms with Crippen LogP contribution < -0.4 is 4.72 Å². The Morgan fingerprint density at radius 1 is 1.41 bits per heavy atom. The smallest absolute Gasteiger partial charge is 0.240 e. The van der Waals surface area contributed by atoms with E-state index in [0.29, 0.717) is 34.1 Å². The predicted molar refractivity (Wildman–Crippen MR) is 84.2 cm³/mol. The van der Waals surface area contributed by atoms with Crippen LogP contribution in [-0.2, 0) is 16.6 Å². The van der Waals surface area contributed by atoms with Gasteiger partial charge in [-0.25, -0.2) is 18.1 Å². The Balaban J connectivity index is 2.12. The molecule has 2 N–H and O–H groups in total. The number of halogens is 1. The van der Waals surface area contributed by atoms with Crippen molar-refractivity contribution in [2.45, 2.75) is 18.4 Å². The van der Waals surface area contributed by atoms with Gasteiger partial charge in [0.15, 0.2) is 5.82 Å². The Morgan fingerprint density at radius 2 is 2.18 bits per heavy atom. The van der Waals surface area contributed by atoms with Gasteiger partial charge in [0.1, 0.15) is 5.69 Å². The van der Waals surface area contributed by atoms with Crippen molar-refractivity contribution in [1.82, 2.24) is 24.5 Å². The van der Waals surface area contributed by atoms with Gasteiger partial charge in [0, 0.05) is 12.7 Å². The van der Waals surface area contributed by atoms with Gasteiger partial charge in [0.05, 0.1) is 21.0 Å². The molecule has 0 aliphatic heterocycles. The SMILES string of the molecule is CCn1cc(Cl)c(-c2nc3ccc(S(=O)(=O)NC)cc3[nH]2)n1. The average molecular weight is 340 g/mol. The summed E-state index contributed by atoms with van der Waals surface area (Å²) in [7, 11) is -2.13. The molecule has 0 saturated carbocycles. The van der Waals surface area contributed by atoms with Gasteiger partial charge >= 0.3 is 0 Å². The van der Waals surface area contributed by atoms with E-state index in [-0.39, 0.29) is 4.90 Å². The second-order valence-electron chi connectivity index (χ2n) is 4.65. The molecule has 1 aromatic carbocycles. The molecule has 3 aromatic rings. The molecule has 0 unspecified atom stereocenters. The van der Waals surface area contributed by atoms with Gasteiger partial charge in [-0.05, 0) is 32.2 Å². The molecule has 0 aliphatic rings. The lowest BCUT2D eigenvalue weighted by atomic mass is 10.3. The summed E-state index contributed by atoms with van der Waals surface area (Å²) in [6.45, 7) is 2.66. The second kappa shape index (κ2) is 5.38. The molecule has 0 amide bonds. The van der Waals surface area contributed by atoms with Gasteiger partial charge in [0.2, 0.25) is 10.0 Å². The zero-order valence-corrected chi connectivity index (χ0v) is 13.5. The van der Waals surface area contributed by atoms with Crippen molar-refractivity contribution in [2.24, 2.45) is 0 Å². The lowest BCUT2D eigenvalue weighted by Crippen LogP contribution is -2.18. The molecule has 0 fully saturated rings. The van der Waals surface area contributed by atoms with Crippen LogP contribution in [0.2, 0.25) is 5.02 Å². The minimum Gasteiger partial charge on any atom is -0.337 e. The first-order chi connectivity index (χ1) is 10.4. The van der Waals surface area contributed by atoms with E-state index in [0.717, 1.165) is 0 Å². The summed E-state index contributed by atoms with van der Waals surface area (Å²) in [5.74, 6) is 0.506. The Bertz CT molecular complexity index is 945. The number of rotatable bonds is 4. The molecular formula is C13H14ClN5O2S. The van der Waals surface area contributed by atoms with Crippen LogP contribution >= 0.6 is 11.6 Å². The fraction of sp³-hybridized carbons (Fsp3) is 0.231. The van der Waals surface area contributed by atoms with Gasteiger partial charge in [-0.2, -0.15) is 5.10 Å². The van der Waals surface area contributed by atoms with Gasteiger partial charge < -0.3 is 4.98 Å². The summed E-state index contributed by atoms with van der Waals surface area (Å²) >= 11 is 6.16. The monoisotopic (exact) mass is 339 g/mol. The van der Waals surface area contributed by atoms with E-state index in [1.807, 2.05) is 6.92 Å². The first-order valence-corrected chi connectivity index (χ1v) is 8.47. The number of nitrogens with one attached hydrogen (secondary N) is 2. The van der Waals surface area contributed by atoms with E-state index in [2.05, 4.69) is 19.8 Å². The molecule has 0 saturated heterocycles. The number of sulfonamides is 1. The van der Waals surface area contributed by atoms with Gasteiger partial charge in [-0.15, -0.1) is 0 Å². The molecule has 0 aliphatic carbocycles. The normalized spacial score (nSPS) is 12.1. The molecule has 116 valence electrons. The maximum absolute atomic E-state index is 11.8. The van der Waals surface area contributed by atoms with Crippen LogP contribution in [0, 0.1) is 0 Å². The van der Waals surface area contributed by atoms with Gasteiger partial charge in [-0.1, -0.05) is 11.6 Å². The molecule has 0 spiro atoms. The van der Waals surface area contributed by atoms with E-state index >= 15 is 0 Å². The Morgan fingerprint density at radius 3 is 2.82 bits per heavy atom. The number of H-pyrrole nitrogens is 1. The van der Waals surface area contributed by atoms with Gasteiger partial charge in [-0.3, -0.25) is 4.68 Å². The number of aromatic nitrogens is 4. The lowest BCUT2D eigenvalue weighted by Gasteiger charge is -2.01. The van der Waals surface area contributed by atoms with E-state index in [1.54, 1.807) is 16.9 Å². The summed E-state index contributed by atoms with van der Waals surface area (Å²) in [5, 5.41) is 4.83. The van der Waals surface area contributed by atoms with Crippen LogP contribution in [0.5, 0.6) is 0 Å². The van der Waals surface area contributed by atoms with Crippen molar-refractivity contribution in [2.75, 3.05) is 7.05 Å². The molecule has 7 nitrogen and oxygen atoms in total. The zero-order chi connectivity index (χ0) is 15.9. The van der Waals surface area contributed by atoms with Crippen molar-refractivity contribution in [3.05, 3.63) is 29.4 Å². The van der Waals surface area contributed by atoms with Crippen molar-refractivity contribution < 1.29 is 8.42 Å². The third-order valence-electron chi connectivity index (χ3n) is 3.30. The fourth-order valence-electron chi connectivity index (χ4n) is 2.11. The standard InChI is InChI=1S/C13H14ClN5O2S/c1-3-19-7-9(14)12(18-19)13-16-10-5-4-8(6-11(10)17-13)22(20,21)15-2/h4-7,15H,3H2,1-2H3,(H,16,17). The maximum atomic E-state index is 11.8. The number of fused-ring (bicyclic) bond motifs is 1. The third-order valence-corrected chi connectivity index (χ3v) is 4.99. The maximum Gasteiger partial charge on any atom is 0.240 e. The Kier molecular flexibility index (Phi) is 3.67. The molecule has 22 heavy (non-hydrogen) atoms. The molecular weight excluding hydrogens is 326 g/mol. The lowest BCUT2D eigenvalue weighted by molar-refractivity contribution is 0.588. The number of hydrogen-bond acceptors (Lipinski definition) is 4. The zero-order valence-electron chi connectivity index (χ0n) is 12.0. The summed E-state index contributed by atoms with van der Waals surface area (Å²) < 4.78 is 27.7. The number of aromatic amines is 1. The number of imidazole rings is 1. The van der Waals surface area contributed by atoms with Crippen LogP contribution in [0.1, 0.15) is 6.92 Å². The van der Waals surface area contributed by atoms with E-state index in [4.69, 9.17) is 11.6 Å². The van der Waals surface area contributed by atoms with Crippen LogP contribution in [0.15, 0.2) is 29.3 Å². The van der Waals surface area contributed by atoms with Crippen molar-refractivity contribution in [3.8, 4) is 11.5 Å². The van der Waals surface area contributed by atoms with Crippen LogP contribution in [0.3, 0.4) is 0 Å². The minimum absolute atomic E-state index is 0.169. The van der Waals surface area contributed by atoms with Crippen LogP contribution in [0.4, 0.5) is 0 Å². The number of aryl methyl sites for hydroxylation is 1. The largest absolute Gasteiger partial charge is 0.337 e. The van der Waals surface area contributed by atoms with Crippen molar-refractivity contribution in [1.29, 1.82) is 0 Å². The highest BCUT2D eigenvalue weighted by Crippen LogP contribution is 2.27. The van der Waals surface area contributed by atoms with Crippen molar-refractivity contribution >= 4 is 32.7 Å². The second-order valence-corrected chi connectivity index (χ2v) is 6.95. The molecule has 2 aromatic heterocycles. The first kappa shape index (κ1) is 15.0. The molecule has 0 radical (unpaired) electrons. The molecule has 0 atom stereocenters. The summed E-state index contributed by atoms with van der Waals surface area (Å²) in [4.78, 5) is 7.64. The quantitative estimate of drug-likeness (QED) is 0.760. The highest BCUT2D eigenvalue weighted by Gasteiger charge is 2.16. The topological polar surface area (TPSA) is 92.7 Å². The summed E-state index contributed by atoms with van der Waals surface area (Å²) in [6.07, 6.45) is 1.72. The highest BCUT2D eigenvalue weighted by atomic mass is 35.5. The average Bonchev–Trinajstić information content (AvgIpc) is 3.08. The van der Waals surface area contributed by atoms with Crippen LogP contribution in [-0.4, -0.2) is 35.2 Å². The predicted octanol–water partition coefficient (Wildman–Crippen LogP) is 2.01. The van der Waals surface area contributed by atoms with E-state index in [9.17, 15) is 8.42 Å². The van der Waals surface area contributed by atoms with Gasteiger partial charge in [0.25, 0.3) is 0 Å². The van der Waals surface area contributed by atoms with Crippen LogP contribution in [0.25, 0.3) is 22.6 Å². The molecule has 0 bridgehead atoms. The molecule has 2 heterocycles. The minimum atomic E-state index is -3.50. The number of nitrogens with zero attached hydrogens (tertiary/aromatic N) is 3. The third kappa shape index (κ3) is 2.49. The van der Waals surface area contributed by atoms with E-state index < -0.39 is 10.0 Å². The summed E-state index contributed by atoms with van der Waals surface area (Å²) in [6, 6.07) is 4.68. The highest BCUT2D eigenvalue weighted by molar-refractivity contribution is 7.89. The summed E-state index contributed by atoms with van der Waals surface area (Å²) in [5.41, 5.74) is 1.79. The number of benzene rings is 1. The Hall–Kier alpha value is -1.90. The number of hydrogen-bond donors (Lipinski definition) is 2. The van der Waals surface area contributed by atoms with E-state index in [1.165, 1.54) is 19.2 Å². The fourth-order valence-corrected chi connectivity index (χ4v) is 3.10.